The Hall–Kier alpha value is -3.57. The molecule has 4 aromatic rings. The minimum Gasteiger partial charge on any atom is -0.421 e. The van der Waals surface area contributed by atoms with Gasteiger partial charge >= 0.3 is 6.01 Å². The first-order valence-electron chi connectivity index (χ1n) is 11.3. The summed E-state index contributed by atoms with van der Waals surface area (Å²) in [7, 11) is 1.75. The first-order chi connectivity index (χ1) is 16.5. The average molecular weight is 465 g/mol. The molecule has 1 saturated carbocycles. The average Bonchev–Trinajstić information content (AvgIpc) is 3.37. The third kappa shape index (κ3) is 3.39. The number of hydrogen-bond donors (Lipinski definition) is 4. The largest absolute Gasteiger partial charge is 0.421 e. The van der Waals surface area contributed by atoms with E-state index in [-0.39, 0.29) is 24.5 Å². The summed E-state index contributed by atoms with van der Waals surface area (Å²) in [4.78, 5) is 23.3. The van der Waals surface area contributed by atoms with Gasteiger partial charge in [0.1, 0.15) is 23.1 Å². The lowest BCUT2D eigenvalue weighted by atomic mass is 9.72. The van der Waals surface area contributed by atoms with Gasteiger partial charge in [-0.15, -0.1) is 0 Å². The molecule has 34 heavy (non-hydrogen) atoms. The van der Waals surface area contributed by atoms with Crippen LogP contribution >= 0.6 is 0 Å². The van der Waals surface area contributed by atoms with Crippen molar-refractivity contribution < 1.29 is 14.2 Å². The topological polar surface area (TPSA) is 138 Å². The van der Waals surface area contributed by atoms with Gasteiger partial charge in [0.05, 0.1) is 35.6 Å². The Bertz CT molecular complexity index is 1380. The number of fused-ring (bicyclic) bond motifs is 4. The van der Waals surface area contributed by atoms with Crippen molar-refractivity contribution >= 4 is 33.4 Å². The lowest BCUT2D eigenvalue weighted by molar-refractivity contribution is 0.194. The molecule has 1 saturated heterocycles. The number of aromatic amines is 1. The summed E-state index contributed by atoms with van der Waals surface area (Å²) in [5, 5.41) is 13.6. The van der Waals surface area contributed by atoms with Crippen LogP contribution in [0.15, 0.2) is 24.5 Å². The lowest BCUT2D eigenvalue weighted by Gasteiger charge is -2.36. The van der Waals surface area contributed by atoms with Gasteiger partial charge in [0, 0.05) is 38.0 Å². The van der Waals surface area contributed by atoms with Crippen LogP contribution in [0.25, 0.3) is 21.9 Å². The Kier molecular flexibility index (Phi) is 4.96. The van der Waals surface area contributed by atoms with E-state index in [1.54, 1.807) is 7.05 Å². The standard InChI is InChI=1S/C23H25FN8O2/c1-26-17-6-12(24)5-14-19-21(29-20(14)17)30-23(34-13-7-27-18(2-3-33)28-8-13)31-22(19)32-9-11-4-16(25)15(11)10-32/h5-8,11,15-16,26,33H,2-4,9-10,25H2,1H3,(H,29,30,31). The summed E-state index contributed by atoms with van der Waals surface area (Å²) in [6.45, 7) is 1.60. The summed E-state index contributed by atoms with van der Waals surface area (Å²) < 4.78 is 20.4. The summed E-state index contributed by atoms with van der Waals surface area (Å²) in [5.74, 6) is 2.22. The van der Waals surface area contributed by atoms with Crippen molar-refractivity contribution in [3.8, 4) is 11.8 Å². The second-order valence-corrected chi connectivity index (χ2v) is 8.94. The highest BCUT2D eigenvalue weighted by atomic mass is 19.1. The normalized spacial score (nSPS) is 21.6. The van der Waals surface area contributed by atoms with E-state index >= 15 is 0 Å². The van der Waals surface area contributed by atoms with Gasteiger partial charge < -0.3 is 30.8 Å². The van der Waals surface area contributed by atoms with E-state index in [0.717, 1.165) is 30.4 Å². The van der Waals surface area contributed by atoms with Gasteiger partial charge in [-0.3, -0.25) is 0 Å². The first-order valence-corrected chi connectivity index (χ1v) is 11.3. The minimum absolute atomic E-state index is 0.0274. The quantitative estimate of drug-likeness (QED) is 0.338. The molecule has 3 unspecified atom stereocenters. The molecule has 0 bridgehead atoms. The molecule has 4 heterocycles. The van der Waals surface area contributed by atoms with Crippen LogP contribution in [0, 0.1) is 17.7 Å². The summed E-state index contributed by atoms with van der Waals surface area (Å²) in [6.07, 6.45) is 4.43. The smallest absolute Gasteiger partial charge is 0.326 e. The number of halogens is 1. The van der Waals surface area contributed by atoms with E-state index in [4.69, 9.17) is 20.6 Å². The molecule has 6 rings (SSSR count). The number of nitrogens with one attached hydrogen (secondary N) is 2. The fourth-order valence-electron chi connectivity index (χ4n) is 5.16. The number of hydrogen-bond acceptors (Lipinski definition) is 9. The lowest BCUT2D eigenvalue weighted by Crippen LogP contribution is -2.46. The molecule has 3 atom stereocenters. The van der Waals surface area contributed by atoms with Gasteiger partial charge in [0.25, 0.3) is 0 Å². The van der Waals surface area contributed by atoms with E-state index in [1.165, 1.54) is 24.5 Å². The zero-order valence-electron chi connectivity index (χ0n) is 18.6. The highest BCUT2D eigenvalue weighted by Crippen LogP contribution is 2.44. The van der Waals surface area contributed by atoms with E-state index < -0.39 is 0 Å². The van der Waals surface area contributed by atoms with E-state index in [9.17, 15) is 4.39 Å². The van der Waals surface area contributed by atoms with Gasteiger partial charge in [-0.25, -0.2) is 14.4 Å². The van der Waals surface area contributed by atoms with Crippen molar-refractivity contribution in [1.29, 1.82) is 0 Å². The molecule has 3 aromatic heterocycles. The van der Waals surface area contributed by atoms with Crippen LogP contribution in [0.4, 0.5) is 15.9 Å². The third-order valence-electron chi connectivity index (χ3n) is 6.90. The Morgan fingerprint density at radius 3 is 2.79 bits per heavy atom. The molecule has 5 N–H and O–H groups in total. The molecule has 0 spiro atoms. The highest BCUT2D eigenvalue weighted by Gasteiger charge is 2.46. The Labute approximate surface area is 194 Å². The number of nitrogens with zero attached hydrogens (tertiary/aromatic N) is 5. The summed E-state index contributed by atoms with van der Waals surface area (Å²) in [6, 6.07) is 3.30. The van der Waals surface area contributed by atoms with Crippen LogP contribution in [0.5, 0.6) is 11.8 Å². The van der Waals surface area contributed by atoms with Gasteiger partial charge in [0.2, 0.25) is 0 Å². The van der Waals surface area contributed by atoms with Crippen LogP contribution in [-0.2, 0) is 6.42 Å². The number of aliphatic hydroxyl groups excluding tert-OH is 1. The molecule has 2 aliphatic rings. The van der Waals surface area contributed by atoms with E-state index in [0.29, 0.717) is 52.4 Å². The maximum absolute atomic E-state index is 14.5. The maximum Gasteiger partial charge on any atom is 0.326 e. The number of anilines is 2. The SMILES string of the molecule is CNc1cc(F)cc2c1[nH]c1nc(Oc3cnc(CCO)nc3)nc(N3CC4CC(N)C4C3)c12. The molecule has 1 aliphatic carbocycles. The van der Waals surface area contributed by atoms with Crippen molar-refractivity contribution in [2.45, 2.75) is 18.9 Å². The van der Waals surface area contributed by atoms with Crippen molar-refractivity contribution in [2.24, 2.45) is 17.6 Å². The molecular weight excluding hydrogens is 439 g/mol. The van der Waals surface area contributed by atoms with Crippen LogP contribution < -0.4 is 20.7 Å². The Morgan fingerprint density at radius 1 is 1.26 bits per heavy atom. The third-order valence-corrected chi connectivity index (χ3v) is 6.90. The number of aliphatic hydroxyl groups is 1. The number of aromatic nitrogens is 5. The highest BCUT2D eigenvalue weighted by molar-refractivity contribution is 6.14. The van der Waals surface area contributed by atoms with E-state index in [1.807, 2.05) is 0 Å². The van der Waals surface area contributed by atoms with E-state index in [2.05, 4.69) is 30.2 Å². The molecule has 176 valence electrons. The number of nitrogens with two attached hydrogens (primary N) is 1. The summed E-state index contributed by atoms with van der Waals surface area (Å²) in [5.41, 5.74) is 8.18. The van der Waals surface area contributed by atoms with Gasteiger partial charge in [-0.1, -0.05) is 0 Å². The monoisotopic (exact) mass is 464 g/mol. The summed E-state index contributed by atoms with van der Waals surface area (Å²) >= 11 is 0. The van der Waals surface area contributed by atoms with Crippen molar-refractivity contribution in [3.05, 3.63) is 36.2 Å². The van der Waals surface area contributed by atoms with Crippen LogP contribution in [0.2, 0.25) is 0 Å². The molecule has 10 nitrogen and oxygen atoms in total. The zero-order chi connectivity index (χ0) is 23.4. The van der Waals surface area contributed by atoms with Gasteiger partial charge in [-0.2, -0.15) is 9.97 Å². The molecule has 11 heteroatoms. The van der Waals surface area contributed by atoms with Crippen molar-refractivity contribution in [1.82, 2.24) is 24.9 Å². The second-order valence-electron chi connectivity index (χ2n) is 8.94. The fourth-order valence-corrected chi connectivity index (χ4v) is 5.16. The Morgan fingerprint density at radius 2 is 2.09 bits per heavy atom. The predicted octanol–water partition coefficient (Wildman–Crippen LogP) is 2.19. The van der Waals surface area contributed by atoms with Crippen molar-refractivity contribution in [2.75, 3.05) is 37.0 Å². The molecule has 1 aliphatic heterocycles. The van der Waals surface area contributed by atoms with Crippen LogP contribution in [0.1, 0.15) is 12.2 Å². The molecule has 2 fully saturated rings. The predicted molar refractivity (Wildman–Crippen MR) is 126 cm³/mol. The number of H-pyrrole nitrogens is 1. The second kappa shape index (κ2) is 8.03. The van der Waals surface area contributed by atoms with Gasteiger partial charge in [-0.05, 0) is 30.4 Å². The first kappa shape index (κ1) is 21.0. The Balaban J connectivity index is 1.47. The van der Waals surface area contributed by atoms with Crippen LogP contribution in [-0.4, -0.2) is 62.8 Å². The minimum atomic E-state index is -0.340. The molecule has 0 radical (unpaired) electrons. The molecule has 1 aromatic carbocycles. The zero-order valence-corrected chi connectivity index (χ0v) is 18.6. The van der Waals surface area contributed by atoms with Crippen LogP contribution in [0.3, 0.4) is 0 Å². The molecule has 0 amide bonds. The molecular formula is C23H25FN8O2. The van der Waals surface area contributed by atoms with Crippen molar-refractivity contribution in [3.63, 3.8) is 0 Å². The number of rotatable bonds is 6. The van der Waals surface area contributed by atoms with Gasteiger partial charge in [0.15, 0.2) is 5.75 Å². The maximum atomic E-state index is 14.5. The number of benzene rings is 1. The fraction of sp³-hybridized carbons (Fsp3) is 0.391. The number of ether oxygens (including phenoxy) is 1.